The van der Waals surface area contributed by atoms with Crippen molar-refractivity contribution in [3.63, 3.8) is 0 Å². The van der Waals surface area contributed by atoms with E-state index < -0.39 is 11.8 Å². The molecule has 2 N–H and O–H groups in total. The minimum atomic E-state index is -0.478. The second-order valence-electron chi connectivity index (χ2n) is 4.23. The molecule has 1 atom stereocenters. The molecular formula is C11H21N3O2S. The fourth-order valence-corrected chi connectivity index (χ4v) is 2.35. The molecule has 0 radical (unpaired) electrons. The summed E-state index contributed by atoms with van der Waals surface area (Å²) in [6.45, 7) is 4.86. The van der Waals surface area contributed by atoms with Gasteiger partial charge in [-0.2, -0.15) is 11.8 Å². The molecule has 0 aromatic heterocycles. The Balaban J connectivity index is 2.41. The molecule has 0 saturated carbocycles. The third-order valence-corrected chi connectivity index (χ3v) is 3.45. The largest absolute Gasteiger partial charge is 0.345 e. The first-order chi connectivity index (χ1) is 8.15. The minimum absolute atomic E-state index is 0.0338. The maximum atomic E-state index is 11.9. The number of hydrogen-bond acceptors (Lipinski definition) is 4. The normalized spacial score (nSPS) is 18.4. The van der Waals surface area contributed by atoms with Crippen LogP contribution in [0, 0.1) is 0 Å². The topological polar surface area (TPSA) is 61.4 Å². The van der Waals surface area contributed by atoms with E-state index in [1.807, 2.05) is 13.2 Å². The molecule has 1 heterocycles. The van der Waals surface area contributed by atoms with Crippen LogP contribution in [0.15, 0.2) is 0 Å². The molecule has 0 aromatic carbocycles. The zero-order valence-electron chi connectivity index (χ0n) is 10.5. The van der Waals surface area contributed by atoms with E-state index in [1.54, 1.807) is 16.7 Å². The van der Waals surface area contributed by atoms with Crippen LogP contribution in [0.1, 0.15) is 13.3 Å². The number of thioether (sulfide) groups is 1. The Morgan fingerprint density at radius 1 is 1.41 bits per heavy atom. The molecule has 0 bridgehead atoms. The summed E-state index contributed by atoms with van der Waals surface area (Å²) in [6.07, 6.45) is 2.88. The predicted octanol–water partition coefficient (Wildman–Crippen LogP) is -0.324. The SMILES string of the molecule is CSCC(C)NC(=O)C(=O)N1CCCNCC1. The van der Waals surface area contributed by atoms with Crippen LogP contribution in [0.5, 0.6) is 0 Å². The van der Waals surface area contributed by atoms with Gasteiger partial charge in [0, 0.05) is 31.4 Å². The van der Waals surface area contributed by atoms with Gasteiger partial charge in [-0.05, 0) is 26.1 Å². The molecule has 0 aliphatic carbocycles. The lowest BCUT2D eigenvalue weighted by atomic mass is 10.3. The molecular weight excluding hydrogens is 238 g/mol. The van der Waals surface area contributed by atoms with E-state index in [0.29, 0.717) is 13.1 Å². The van der Waals surface area contributed by atoms with Crippen molar-refractivity contribution in [2.75, 3.05) is 38.2 Å². The van der Waals surface area contributed by atoms with Gasteiger partial charge in [0.1, 0.15) is 0 Å². The van der Waals surface area contributed by atoms with Crippen molar-refractivity contribution in [3.8, 4) is 0 Å². The highest BCUT2D eigenvalue weighted by Crippen LogP contribution is 1.99. The molecule has 6 heteroatoms. The second kappa shape index (κ2) is 7.55. The van der Waals surface area contributed by atoms with Gasteiger partial charge in [-0.25, -0.2) is 0 Å². The van der Waals surface area contributed by atoms with Crippen molar-refractivity contribution < 1.29 is 9.59 Å². The lowest BCUT2D eigenvalue weighted by Crippen LogP contribution is -2.47. The molecule has 1 rings (SSSR count). The molecule has 0 spiro atoms. The Morgan fingerprint density at radius 3 is 2.88 bits per heavy atom. The first-order valence-corrected chi connectivity index (χ1v) is 7.34. The Morgan fingerprint density at radius 2 is 2.18 bits per heavy atom. The van der Waals surface area contributed by atoms with Crippen LogP contribution in [0.25, 0.3) is 0 Å². The first-order valence-electron chi connectivity index (χ1n) is 5.94. The Labute approximate surface area is 107 Å². The summed E-state index contributed by atoms with van der Waals surface area (Å²) in [6, 6.07) is 0.0338. The van der Waals surface area contributed by atoms with Gasteiger partial charge in [0.15, 0.2) is 0 Å². The summed E-state index contributed by atoms with van der Waals surface area (Å²) >= 11 is 1.65. The van der Waals surface area contributed by atoms with Crippen molar-refractivity contribution in [2.24, 2.45) is 0 Å². The third-order valence-electron chi connectivity index (χ3n) is 2.62. The van der Waals surface area contributed by atoms with Crippen LogP contribution in [0.3, 0.4) is 0 Å². The summed E-state index contributed by atoms with van der Waals surface area (Å²) < 4.78 is 0. The minimum Gasteiger partial charge on any atom is -0.345 e. The lowest BCUT2D eigenvalue weighted by molar-refractivity contribution is -0.146. The van der Waals surface area contributed by atoms with Crippen LogP contribution >= 0.6 is 11.8 Å². The van der Waals surface area contributed by atoms with E-state index in [0.717, 1.165) is 25.3 Å². The average Bonchev–Trinajstić information content (AvgIpc) is 2.56. The molecule has 5 nitrogen and oxygen atoms in total. The van der Waals surface area contributed by atoms with Gasteiger partial charge in [0.25, 0.3) is 0 Å². The number of rotatable bonds is 3. The van der Waals surface area contributed by atoms with Gasteiger partial charge >= 0.3 is 11.8 Å². The van der Waals surface area contributed by atoms with E-state index >= 15 is 0 Å². The highest BCUT2D eigenvalue weighted by Gasteiger charge is 2.23. The molecule has 1 fully saturated rings. The number of carbonyl (C=O) groups excluding carboxylic acids is 2. The van der Waals surface area contributed by atoms with E-state index in [1.165, 1.54) is 0 Å². The van der Waals surface area contributed by atoms with Crippen molar-refractivity contribution in [3.05, 3.63) is 0 Å². The van der Waals surface area contributed by atoms with Gasteiger partial charge in [0.2, 0.25) is 0 Å². The van der Waals surface area contributed by atoms with E-state index in [4.69, 9.17) is 0 Å². The van der Waals surface area contributed by atoms with E-state index in [-0.39, 0.29) is 6.04 Å². The van der Waals surface area contributed by atoms with Gasteiger partial charge in [-0.1, -0.05) is 0 Å². The smallest absolute Gasteiger partial charge is 0.311 e. The molecule has 98 valence electrons. The Kier molecular flexibility index (Phi) is 6.36. The highest BCUT2D eigenvalue weighted by molar-refractivity contribution is 7.98. The molecule has 1 unspecified atom stereocenters. The standard InChI is InChI=1S/C11H21N3O2S/c1-9(8-17-2)13-10(15)11(16)14-6-3-4-12-5-7-14/h9,12H,3-8H2,1-2H3,(H,13,15). The van der Waals surface area contributed by atoms with Crippen molar-refractivity contribution in [2.45, 2.75) is 19.4 Å². The van der Waals surface area contributed by atoms with E-state index in [2.05, 4.69) is 10.6 Å². The second-order valence-corrected chi connectivity index (χ2v) is 5.14. The van der Waals surface area contributed by atoms with Gasteiger partial charge in [-0.15, -0.1) is 0 Å². The van der Waals surface area contributed by atoms with Crippen molar-refractivity contribution in [1.29, 1.82) is 0 Å². The summed E-state index contributed by atoms with van der Waals surface area (Å²) in [5.74, 6) is -0.0595. The Bertz CT molecular complexity index is 265. The fraction of sp³-hybridized carbons (Fsp3) is 0.818. The van der Waals surface area contributed by atoms with Crippen LogP contribution in [0.4, 0.5) is 0 Å². The average molecular weight is 259 g/mol. The number of carbonyl (C=O) groups is 2. The van der Waals surface area contributed by atoms with Crippen molar-refractivity contribution >= 4 is 23.6 Å². The zero-order valence-corrected chi connectivity index (χ0v) is 11.3. The quantitative estimate of drug-likeness (QED) is 0.682. The number of nitrogens with one attached hydrogen (secondary N) is 2. The van der Waals surface area contributed by atoms with Crippen molar-refractivity contribution in [1.82, 2.24) is 15.5 Å². The molecule has 17 heavy (non-hydrogen) atoms. The van der Waals surface area contributed by atoms with Crippen LogP contribution in [0.2, 0.25) is 0 Å². The maximum Gasteiger partial charge on any atom is 0.311 e. The fourth-order valence-electron chi connectivity index (χ4n) is 1.77. The van der Waals surface area contributed by atoms with Crippen LogP contribution in [-0.4, -0.2) is 60.9 Å². The predicted molar refractivity (Wildman–Crippen MR) is 70.1 cm³/mol. The van der Waals surface area contributed by atoms with Gasteiger partial charge in [0.05, 0.1) is 0 Å². The lowest BCUT2D eigenvalue weighted by Gasteiger charge is -2.20. The molecule has 1 aliphatic heterocycles. The number of amides is 2. The van der Waals surface area contributed by atoms with Gasteiger partial charge < -0.3 is 15.5 Å². The number of hydrogen-bond donors (Lipinski definition) is 2. The zero-order chi connectivity index (χ0) is 12.7. The highest BCUT2D eigenvalue weighted by atomic mass is 32.2. The van der Waals surface area contributed by atoms with E-state index in [9.17, 15) is 9.59 Å². The first kappa shape index (κ1) is 14.3. The van der Waals surface area contributed by atoms with Crippen LogP contribution < -0.4 is 10.6 Å². The molecule has 1 aliphatic rings. The summed E-state index contributed by atoms with van der Waals surface area (Å²) in [7, 11) is 0. The Hall–Kier alpha value is -0.750. The third kappa shape index (κ3) is 4.95. The molecule has 0 aromatic rings. The summed E-state index contributed by atoms with van der Waals surface area (Å²) in [5.41, 5.74) is 0. The summed E-state index contributed by atoms with van der Waals surface area (Å²) in [4.78, 5) is 25.2. The number of nitrogens with zero attached hydrogens (tertiary/aromatic N) is 1. The molecule has 1 saturated heterocycles. The maximum absolute atomic E-state index is 11.9. The van der Waals surface area contributed by atoms with Gasteiger partial charge in [-0.3, -0.25) is 9.59 Å². The van der Waals surface area contributed by atoms with Crippen LogP contribution in [-0.2, 0) is 9.59 Å². The molecule has 2 amide bonds. The summed E-state index contributed by atoms with van der Waals surface area (Å²) in [5, 5.41) is 5.93. The monoisotopic (exact) mass is 259 g/mol.